The Morgan fingerprint density at radius 1 is 0.929 bits per heavy atom. The number of fused-ring (bicyclic) bond motifs is 1. The van der Waals surface area contributed by atoms with Crippen molar-refractivity contribution in [1.82, 2.24) is 9.36 Å². The van der Waals surface area contributed by atoms with E-state index in [1.165, 1.54) is 12.1 Å². The number of halogens is 1. The van der Waals surface area contributed by atoms with Gasteiger partial charge >= 0.3 is 0 Å². The highest BCUT2D eigenvalue weighted by Gasteiger charge is 2.31. The second-order valence-corrected chi connectivity index (χ2v) is 10.0. The number of hydrogen-bond acceptors (Lipinski definition) is 4. The molecule has 0 bridgehead atoms. The van der Waals surface area contributed by atoms with Crippen LogP contribution in [-0.2, 0) is 7.05 Å². The molecule has 2 heterocycles. The second-order valence-electron chi connectivity index (χ2n) is 10.0. The van der Waals surface area contributed by atoms with Crippen molar-refractivity contribution >= 4 is 17.7 Å². The van der Waals surface area contributed by atoms with Crippen LogP contribution < -0.4 is 15.0 Å². The fraction of sp³-hybridized carbons (Fsp3) is 0.143. The Labute approximate surface area is 243 Å². The maximum atomic E-state index is 14.0. The van der Waals surface area contributed by atoms with Gasteiger partial charge in [-0.3, -0.25) is 9.48 Å². The van der Waals surface area contributed by atoms with Gasteiger partial charge in [0.1, 0.15) is 23.1 Å². The first-order chi connectivity index (χ1) is 20.5. The lowest BCUT2D eigenvalue weighted by molar-refractivity contribution is 0.340. The summed E-state index contributed by atoms with van der Waals surface area (Å²) >= 11 is 0. The Morgan fingerprint density at radius 3 is 2.33 bits per heavy atom. The lowest BCUT2D eigenvalue weighted by atomic mass is 9.81. The summed E-state index contributed by atoms with van der Waals surface area (Å²) in [5.41, 5.74) is 4.95. The van der Waals surface area contributed by atoms with E-state index in [1.54, 1.807) is 27.7 Å². The number of aliphatic imine (C=N–C) groups is 1. The summed E-state index contributed by atoms with van der Waals surface area (Å²) in [6.07, 6.45) is 1.72. The standard InChI is InChI=1S/C35H30FN3O3/c1-4-41-28-20-16-25(17-21-28)34-30(22-37-33-23(2)38(3)39(35(33)40)27-10-6-5-7-11-27)32(24-14-18-26(36)19-15-24)29-12-8-9-13-31(29)42-34/h5-22,32H,4H2,1-3H3/t32-/m0/s1. The first kappa shape index (κ1) is 27.0. The number of benzene rings is 4. The summed E-state index contributed by atoms with van der Waals surface area (Å²) in [4.78, 5) is 18.5. The van der Waals surface area contributed by atoms with Crippen LogP contribution in [0.5, 0.6) is 11.5 Å². The van der Waals surface area contributed by atoms with Crippen molar-refractivity contribution in [3.8, 4) is 17.2 Å². The second kappa shape index (κ2) is 11.4. The van der Waals surface area contributed by atoms with Crippen molar-refractivity contribution in [1.29, 1.82) is 0 Å². The van der Waals surface area contributed by atoms with Crippen LogP contribution in [0.1, 0.15) is 35.2 Å². The molecule has 7 heteroatoms. The predicted molar refractivity (Wildman–Crippen MR) is 164 cm³/mol. The largest absolute Gasteiger partial charge is 0.494 e. The third-order valence-corrected chi connectivity index (χ3v) is 7.50. The van der Waals surface area contributed by atoms with E-state index in [9.17, 15) is 9.18 Å². The summed E-state index contributed by atoms with van der Waals surface area (Å²) in [6, 6.07) is 31.4. The van der Waals surface area contributed by atoms with E-state index >= 15 is 0 Å². The molecule has 1 aromatic heterocycles. The molecule has 5 aromatic rings. The topological polar surface area (TPSA) is 57.8 Å². The molecule has 6 nitrogen and oxygen atoms in total. The van der Waals surface area contributed by atoms with E-state index in [2.05, 4.69) is 0 Å². The summed E-state index contributed by atoms with van der Waals surface area (Å²) in [5.74, 6) is 1.43. The number of aromatic nitrogens is 2. The third-order valence-electron chi connectivity index (χ3n) is 7.50. The van der Waals surface area contributed by atoms with Crippen molar-refractivity contribution in [3.05, 3.63) is 147 Å². The van der Waals surface area contributed by atoms with Crippen LogP contribution >= 0.6 is 0 Å². The molecule has 1 atom stereocenters. The minimum Gasteiger partial charge on any atom is -0.494 e. The van der Waals surface area contributed by atoms with Crippen LogP contribution in [0.15, 0.2) is 118 Å². The Hall–Kier alpha value is -5.17. The molecule has 0 fully saturated rings. The molecule has 0 saturated heterocycles. The normalized spacial score (nSPS) is 14.6. The highest BCUT2D eigenvalue weighted by atomic mass is 19.1. The minimum atomic E-state index is -0.318. The predicted octanol–water partition coefficient (Wildman–Crippen LogP) is 7.36. The van der Waals surface area contributed by atoms with Gasteiger partial charge in [0.2, 0.25) is 0 Å². The van der Waals surface area contributed by atoms with E-state index in [0.717, 1.165) is 39.4 Å². The fourth-order valence-electron chi connectivity index (χ4n) is 5.36. The Balaban J connectivity index is 1.55. The molecule has 0 saturated carbocycles. The number of ether oxygens (including phenoxy) is 2. The zero-order valence-electron chi connectivity index (χ0n) is 23.6. The van der Waals surface area contributed by atoms with Gasteiger partial charge in [0.25, 0.3) is 5.56 Å². The highest BCUT2D eigenvalue weighted by Crippen LogP contribution is 2.45. The van der Waals surface area contributed by atoms with Crippen LogP contribution in [0.4, 0.5) is 10.1 Å². The molecule has 0 unspecified atom stereocenters. The van der Waals surface area contributed by atoms with Crippen LogP contribution in [0.2, 0.25) is 0 Å². The number of allylic oxidation sites excluding steroid dienone is 1. The molecule has 42 heavy (non-hydrogen) atoms. The van der Waals surface area contributed by atoms with Crippen molar-refractivity contribution in [3.63, 3.8) is 0 Å². The molecule has 210 valence electrons. The van der Waals surface area contributed by atoms with Gasteiger partial charge < -0.3 is 9.47 Å². The quantitative estimate of drug-likeness (QED) is 0.196. The molecular formula is C35H30FN3O3. The van der Waals surface area contributed by atoms with Crippen molar-refractivity contribution in [2.24, 2.45) is 12.0 Å². The molecule has 1 aliphatic rings. The maximum Gasteiger partial charge on any atom is 0.297 e. The minimum absolute atomic E-state index is 0.226. The van der Waals surface area contributed by atoms with E-state index in [1.807, 2.05) is 99.8 Å². The lowest BCUT2D eigenvalue weighted by Crippen LogP contribution is -2.19. The van der Waals surface area contributed by atoms with Crippen LogP contribution in [0.25, 0.3) is 11.4 Å². The first-order valence-electron chi connectivity index (χ1n) is 13.8. The van der Waals surface area contributed by atoms with Gasteiger partial charge in [-0.15, -0.1) is 0 Å². The summed E-state index contributed by atoms with van der Waals surface area (Å²) in [7, 11) is 1.84. The molecule has 0 aliphatic carbocycles. The third kappa shape index (κ3) is 4.94. The Morgan fingerprint density at radius 2 is 1.62 bits per heavy atom. The SMILES string of the molecule is CCOc1ccc(C2=C(C=Nc3c(C)n(C)n(-c4ccccc4)c3=O)[C@@H](c3ccc(F)cc3)c3ccccc3O2)cc1. The van der Waals surface area contributed by atoms with Gasteiger partial charge in [0.15, 0.2) is 5.69 Å². The molecule has 6 rings (SSSR count). The number of para-hydroxylation sites is 2. The van der Waals surface area contributed by atoms with E-state index < -0.39 is 0 Å². The average Bonchev–Trinajstić information content (AvgIpc) is 3.23. The van der Waals surface area contributed by atoms with Crippen molar-refractivity contribution in [2.75, 3.05) is 6.61 Å². The smallest absolute Gasteiger partial charge is 0.297 e. The fourth-order valence-corrected chi connectivity index (χ4v) is 5.36. The first-order valence-corrected chi connectivity index (χ1v) is 13.8. The molecule has 0 spiro atoms. The van der Waals surface area contributed by atoms with Crippen molar-refractivity contribution < 1.29 is 13.9 Å². The molecule has 0 N–H and O–H groups in total. The molecule has 4 aromatic carbocycles. The Kier molecular flexibility index (Phi) is 7.32. The molecule has 1 aliphatic heterocycles. The Bertz CT molecular complexity index is 1850. The monoisotopic (exact) mass is 559 g/mol. The summed E-state index contributed by atoms with van der Waals surface area (Å²) in [6.45, 7) is 4.38. The van der Waals surface area contributed by atoms with E-state index in [0.29, 0.717) is 23.8 Å². The van der Waals surface area contributed by atoms with Gasteiger partial charge in [-0.1, -0.05) is 48.5 Å². The zero-order valence-corrected chi connectivity index (χ0v) is 23.6. The number of hydrogen-bond donors (Lipinski definition) is 0. The van der Waals surface area contributed by atoms with Crippen molar-refractivity contribution in [2.45, 2.75) is 19.8 Å². The van der Waals surface area contributed by atoms with E-state index in [-0.39, 0.29) is 17.3 Å². The number of nitrogens with zero attached hydrogens (tertiary/aromatic N) is 3. The zero-order chi connectivity index (χ0) is 29.2. The summed E-state index contributed by atoms with van der Waals surface area (Å²) < 4.78 is 29.6. The molecule has 0 radical (unpaired) electrons. The van der Waals surface area contributed by atoms with Crippen LogP contribution in [0, 0.1) is 12.7 Å². The number of rotatable bonds is 7. The maximum absolute atomic E-state index is 14.0. The van der Waals surface area contributed by atoms with Crippen LogP contribution in [0.3, 0.4) is 0 Å². The lowest BCUT2D eigenvalue weighted by Gasteiger charge is -2.30. The summed E-state index contributed by atoms with van der Waals surface area (Å²) in [5, 5.41) is 0. The van der Waals surface area contributed by atoms with Crippen LogP contribution in [-0.4, -0.2) is 22.2 Å². The highest BCUT2D eigenvalue weighted by molar-refractivity contribution is 5.95. The van der Waals surface area contributed by atoms with Gasteiger partial charge in [-0.25, -0.2) is 14.1 Å². The average molecular weight is 560 g/mol. The van der Waals surface area contributed by atoms with Gasteiger partial charge in [-0.2, -0.15) is 0 Å². The van der Waals surface area contributed by atoms with Gasteiger partial charge in [0, 0.05) is 35.9 Å². The van der Waals surface area contributed by atoms with Gasteiger partial charge in [-0.05, 0) is 74.0 Å². The molecular weight excluding hydrogens is 529 g/mol. The molecule has 0 amide bonds. The van der Waals surface area contributed by atoms with E-state index in [4.69, 9.17) is 14.5 Å². The van der Waals surface area contributed by atoms with Gasteiger partial charge in [0.05, 0.1) is 18.0 Å².